The third kappa shape index (κ3) is 5.40. The Morgan fingerprint density at radius 3 is 2.86 bits per heavy atom. The first-order valence-corrected chi connectivity index (χ1v) is 10.4. The van der Waals surface area contributed by atoms with Crippen molar-refractivity contribution >= 4 is 11.6 Å². The number of nitrogens with zero attached hydrogens (tertiary/aromatic N) is 5. The molecule has 8 heteroatoms. The first-order chi connectivity index (χ1) is 14.1. The van der Waals surface area contributed by atoms with Crippen LogP contribution in [0.15, 0.2) is 29.3 Å². The number of ether oxygens (including phenoxy) is 1. The molecule has 2 heterocycles. The molecule has 0 spiro atoms. The third-order valence-electron chi connectivity index (χ3n) is 5.34. The summed E-state index contributed by atoms with van der Waals surface area (Å²) in [5.41, 5.74) is 1.14. The van der Waals surface area contributed by atoms with E-state index in [1.807, 2.05) is 30.7 Å². The smallest absolute Gasteiger partial charge is 0.191 e. The quantitative estimate of drug-likeness (QED) is 0.403. The molecule has 1 aliphatic rings. The predicted octanol–water partition coefficient (Wildman–Crippen LogP) is 2.25. The minimum Gasteiger partial charge on any atom is -0.495 e. The van der Waals surface area contributed by atoms with E-state index in [0.29, 0.717) is 12.6 Å². The van der Waals surface area contributed by atoms with Crippen molar-refractivity contribution in [1.82, 2.24) is 25.4 Å². The van der Waals surface area contributed by atoms with Crippen LogP contribution in [0, 0.1) is 6.92 Å². The van der Waals surface area contributed by atoms with Gasteiger partial charge >= 0.3 is 0 Å². The van der Waals surface area contributed by atoms with Crippen LogP contribution in [0.1, 0.15) is 37.8 Å². The molecule has 158 valence electrons. The average molecular weight is 400 g/mol. The van der Waals surface area contributed by atoms with E-state index in [9.17, 15) is 0 Å². The van der Waals surface area contributed by atoms with Gasteiger partial charge in [0, 0.05) is 32.7 Å². The number of hydrogen-bond acceptors (Lipinski definition) is 5. The minimum atomic E-state index is 0.328. The van der Waals surface area contributed by atoms with Gasteiger partial charge in [-0.2, -0.15) is 0 Å². The van der Waals surface area contributed by atoms with Crippen LogP contribution in [0.3, 0.4) is 0 Å². The van der Waals surface area contributed by atoms with Gasteiger partial charge in [-0.25, -0.2) is 4.99 Å². The number of benzene rings is 1. The monoisotopic (exact) mass is 399 g/mol. The fraction of sp³-hybridized carbons (Fsp3) is 0.571. The van der Waals surface area contributed by atoms with E-state index in [1.165, 1.54) is 0 Å². The number of rotatable bonds is 8. The molecule has 1 unspecified atom stereocenters. The zero-order valence-electron chi connectivity index (χ0n) is 18.0. The highest BCUT2D eigenvalue weighted by atomic mass is 16.5. The summed E-state index contributed by atoms with van der Waals surface area (Å²) in [6, 6.07) is 8.52. The van der Waals surface area contributed by atoms with Crippen molar-refractivity contribution in [3.05, 3.63) is 35.9 Å². The highest BCUT2D eigenvalue weighted by Gasteiger charge is 2.25. The Morgan fingerprint density at radius 1 is 1.31 bits per heavy atom. The molecule has 1 aromatic heterocycles. The predicted molar refractivity (Wildman–Crippen MR) is 117 cm³/mol. The second kappa shape index (κ2) is 10.1. The van der Waals surface area contributed by atoms with Gasteiger partial charge < -0.3 is 24.8 Å². The van der Waals surface area contributed by atoms with Crippen molar-refractivity contribution in [1.29, 1.82) is 0 Å². The summed E-state index contributed by atoms with van der Waals surface area (Å²) in [5.74, 6) is 3.51. The van der Waals surface area contributed by atoms with Crippen LogP contribution in [-0.4, -0.2) is 53.5 Å². The lowest BCUT2D eigenvalue weighted by Gasteiger charge is -2.22. The van der Waals surface area contributed by atoms with Gasteiger partial charge in [-0.15, -0.1) is 10.2 Å². The summed E-state index contributed by atoms with van der Waals surface area (Å²) in [5, 5.41) is 15.4. The third-order valence-corrected chi connectivity index (χ3v) is 5.34. The van der Waals surface area contributed by atoms with Crippen molar-refractivity contribution in [3.63, 3.8) is 0 Å². The van der Waals surface area contributed by atoms with Crippen LogP contribution < -0.4 is 20.3 Å². The highest BCUT2D eigenvalue weighted by molar-refractivity contribution is 5.80. The number of aromatic nitrogens is 3. The van der Waals surface area contributed by atoms with Crippen molar-refractivity contribution in [3.8, 4) is 5.75 Å². The summed E-state index contributed by atoms with van der Waals surface area (Å²) in [6.07, 6.45) is 3.31. The number of unbranched alkanes of at least 4 members (excludes halogenated alkanes) is 1. The number of guanidine groups is 1. The maximum Gasteiger partial charge on any atom is 0.191 e. The van der Waals surface area contributed by atoms with Gasteiger partial charge in [0.25, 0.3) is 0 Å². The van der Waals surface area contributed by atoms with E-state index in [2.05, 4.69) is 44.8 Å². The second-order valence-corrected chi connectivity index (χ2v) is 7.42. The Kier molecular flexibility index (Phi) is 7.32. The lowest BCUT2D eigenvalue weighted by molar-refractivity contribution is 0.415. The van der Waals surface area contributed by atoms with Crippen LogP contribution in [0.5, 0.6) is 5.75 Å². The first kappa shape index (κ1) is 21.0. The fourth-order valence-electron chi connectivity index (χ4n) is 3.46. The summed E-state index contributed by atoms with van der Waals surface area (Å²) < 4.78 is 7.51. The molecule has 1 saturated heterocycles. The molecule has 1 aromatic carbocycles. The minimum absolute atomic E-state index is 0.328. The largest absolute Gasteiger partial charge is 0.495 e. The molecule has 2 aromatic rings. The number of aryl methyl sites for hydroxylation is 1. The van der Waals surface area contributed by atoms with Crippen LogP contribution >= 0.6 is 0 Å². The van der Waals surface area contributed by atoms with Crippen molar-refractivity contribution in [2.24, 2.45) is 12.0 Å². The zero-order chi connectivity index (χ0) is 20.6. The van der Waals surface area contributed by atoms with Gasteiger partial charge in [-0.05, 0) is 31.9 Å². The molecular weight excluding hydrogens is 366 g/mol. The maximum absolute atomic E-state index is 5.53. The molecule has 0 radical (unpaired) electrons. The summed E-state index contributed by atoms with van der Waals surface area (Å²) in [6.45, 7) is 7.45. The molecule has 0 aliphatic carbocycles. The van der Waals surface area contributed by atoms with E-state index in [0.717, 1.165) is 67.9 Å². The van der Waals surface area contributed by atoms with E-state index in [4.69, 9.17) is 9.73 Å². The normalized spacial score (nSPS) is 16.9. The van der Waals surface area contributed by atoms with Crippen molar-refractivity contribution in [2.75, 3.05) is 31.6 Å². The summed E-state index contributed by atoms with van der Waals surface area (Å²) in [7, 11) is 3.70. The lowest BCUT2D eigenvalue weighted by Crippen LogP contribution is -2.45. The van der Waals surface area contributed by atoms with E-state index >= 15 is 0 Å². The second-order valence-electron chi connectivity index (χ2n) is 7.42. The number of para-hydroxylation sites is 2. The number of anilines is 1. The molecule has 0 saturated carbocycles. The van der Waals surface area contributed by atoms with Gasteiger partial charge in [0.2, 0.25) is 0 Å². The Labute approximate surface area is 173 Å². The number of hydrogen-bond donors (Lipinski definition) is 2. The van der Waals surface area contributed by atoms with Gasteiger partial charge in [0.05, 0.1) is 12.8 Å². The van der Waals surface area contributed by atoms with Crippen LogP contribution in [0.2, 0.25) is 0 Å². The molecule has 1 atom stereocenters. The topological polar surface area (TPSA) is 79.6 Å². The molecule has 2 N–H and O–H groups in total. The Hall–Kier alpha value is -2.77. The Bertz CT molecular complexity index is 817. The van der Waals surface area contributed by atoms with E-state index in [-0.39, 0.29) is 0 Å². The van der Waals surface area contributed by atoms with Crippen LogP contribution in [0.25, 0.3) is 0 Å². The highest BCUT2D eigenvalue weighted by Crippen LogP contribution is 2.30. The summed E-state index contributed by atoms with van der Waals surface area (Å²) >= 11 is 0. The maximum atomic E-state index is 5.53. The molecule has 29 heavy (non-hydrogen) atoms. The first-order valence-electron chi connectivity index (χ1n) is 10.4. The molecule has 1 fully saturated rings. The molecule has 3 rings (SSSR count). The SMILES string of the molecule is CCCCNC(=NCc1nnc(C)n1C)NC1CCN(c2ccccc2OC)C1. The van der Waals surface area contributed by atoms with Gasteiger partial charge in [-0.3, -0.25) is 0 Å². The standard InChI is InChI=1S/C21H33N7O/c1-5-6-12-22-21(23-14-20-26-25-16(2)27(20)3)24-17-11-13-28(15-17)18-9-7-8-10-19(18)29-4/h7-10,17H,5-6,11-15H2,1-4H3,(H2,22,23,24). The van der Waals surface area contributed by atoms with Crippen molar-refractivity contribution < 1.29 is 4.74 Å². The number of aliphatic imine (C=N–C) groups is 1. The fourth-order valence-corrected chi connectivity index (χ4v) is 3.46. The van der Waals surface area contributed by atoms with Gasteiger partial charge in [0.1, 0.15) is 18.1 Å². The Morgan fingerprint density at radius 2 is 2.14 bits per heavy atom. The van der Waals surface area contributed by atoms with Gasteiger partial charge in [-0.1, -0.05) is 25.5 Å². The van der Waals surface area contributed by atoms with E-state index in [1.54, 1.807) is 7.11 Å². The summed E-state index contributed by atoms with van der Waals surface area (Å²) in [4.78, 5) is 7.13. The zero-order valence-corrected chi connectivity index (χ0v) is 18.0. The van der Waals surface area contributed by atoms with Crippen LogP contribution in [-0.2, 0) is 13.6 Å². The van der Waals surface area contributed by atoms with Gasteiger partial charge in [0.15, 0.2) is 11.8 Å². The molecule has 0 bridgehead atoms. The van der Waals surface area contributed by atoms with Crippen LogP contribution in [0.4, 0.5) is 5.69 Å². The average Bonchev–Trinajstić information content (AvgIpc) is 3.33. The molecule has 0 amide bonds. The molecule has 8 nitrogen and oxygen atoms in total. The number of methoxy groups -OCH3 is 1. The van der Waals surface area contributed by atoms with E-state index < -0.39 is 0 Å². The Balaban J connectivity index is 1.64. The molecule has 1 aliphatic heterocycles. The molecular formula is C21H33N7O. The van der Waals surface area contributed by atoms with Crippen molar-refractivity contribution in [2.45, 2.75) is 45.7 Å². The number of nitrogens with one attached hydrogen (secondary N) is 2. The lowest BCUT2D eigenvalue weighted by atomic mass is 10.2.